The second kappa shape index (κ2) is 10.8. The van der Waals surface area contributed by atoms with Crippen LogP contribution >= 0.6 is 0 Å². The van der Waals surface area contributed by atoms with E-state index in [0.29, 0.717) is 19.0 Å². The van der Waals surface area contributed by atoms with Crippen molar-refractivity contribution >= 4 is 40.5 Å². The first-order valence-corrected chi connectivity index (χ1v) is 14.3. The summed E-state index contributed by atoms with van der Waals surface area (Å²) in [6.07, 6.45) is 2.84. The Labute approximate surface area is 241 Å². The van der Waals surface area contributed by atoms with Gasteiger partial charge in [0.2, 0.25) is 17.8 Å². The second-order valence-corrected chi connectivity index (χ2v) is 11.1. The van der Waals surface area contributed by atoms with Crippen LogP contribution in [-0.4, -0.2) is 94.9 Å². The van der Waals surface area contributed by atoms with Gasteiger partial charge in [-0.25, -0.2) is 9.97 Å². The molecule has 12 nitrogen and oxygen atoms in total. The van der Waals surface area contributed by atoms with Crippen LogP contribution in [0.4, 0.5) is 5.95 Å². The Hall–Kier alpha value is -4.42. The van der Waals surface area contributed by atoms with Gasteiger partial charge < -0.3 is 14.4 Å². The monoisotopic (exact) mass is 570 g/mol. The largest absolute Gasteiger partial charge is 0.489 e. The molecule has 1 N–H and O–H groups in total. The number of likely N-dealkylation sites (tertiary alicyclic amines) is 1. The minimum absolute atomic E-state index is 0.0682. The van der Waals surface area contributed by atoms with Crippen LogP contribution in [0.25, 0.3) is 10.9 Å². The topological polar surface area (TPSA) is 134 Å². The standard InChI is InChI=1S/C30H30N6O6/c37-26-6-5-25(27(38)33-26)36-28(39)22-3-2-20(14-23(22)29(36)40)42-21-7-8-34(17-21)16-18-1-4-24-19(13-18)15-31-30(32-24)35-9-11-41-12-10-35/h1-4,13-15,21,25H,5-12,16-17H2,(H,33,37,38)/t21-,25+/m0/s1. The second-order valence-electron chi connectivity index (χ2n) is 11.1. The van der Waals surface area contributed by atoms with Crippen molar-refractivity contribution in [3.05, 3.63) is 59.3 Å². The van der Waals surface area contributed by atoms with Crippen molar-refractivity contribution in [2.24, 2.45) is 0 Å². The van der Waals surface area contributed by atoms with Crippen molar-refractivity contribution < 1.29 is 28.7 Å². The molecular formula is C30H30N6O6. The molecule has 0 unspecified atom stereocenters. The molecule has 0 saturated carbocycles. The summed E-state index contributed by atoms with van der Waals surface area (Å²) in [6, 6.07) is 10.1. The van der Waals surface area contributed by atoms with Crippen LogP contribution in [-0.2, 0) is 20.9 Å². The molecule has 0 radical (unpaired) electrons. The highest BCUT2D eigenvalue weighted by molar-refractivity contribution is 6.23. The zero-order chi connectivity index (χ0) is 28.8. The summed E-state index contributed by atoms with van der Waals surface area (Å²) in [5.74, 6) is -0.853. The SMILES string of the molecule is O=C1CC[C@@H](N2C(=O)c3ccc(O[C@H]4CCN(Cc5ccc6nc(N7CCOCC7)ncc6c5)C4)cc3C2=O)C(=O)N1. The fraction of sp³-hybridized carbons (Fsp3) is 0.400. The average Bonchev–Trinajstić information content (AvgIpc) is 3.54. The fourth-order valence-corrected chi connectivity index (χ4v) is 6.10. The number of piperidine rings is 1. The number of nitrogens with zero attached hydrogens (tertiary/aromatic N) is 5. The Morgan fingerprint density at radius 3 is 2.62 bits per heavy atom. The summed E-state index contributed by atoms with van der Waals surface area (Å²) in [5, 5.41) is 3.21. The molecular weight excluding hydrogens is 540 g/mol. The normalized spacial score (nSPS) is 23.0. The fourth-order valence-electron chi connectivity index (χ4n) is 6.10. The van der Waals surface area contributed by atoms with Gasteiger partial charge in [0.05, 0.1) is 29.9 Å². The Morgan fingerprint density at radius 1 is 0.952 bits per heavy atom. The van der Waals surface area contributed by atoms with E-state index in [1.165, 1.54) is 5.56 Å². The number of rotatable bonds is 6. The van der Waals surface area contributed by atoms with E-state index in [1.54, 1.807) is 18.2 Å². The lowest BCUT2D eigenvalue weighted by Gasteiger charge is -2.27. The van der Waals surface area contributed by atoms with Crippen LogP contribution in [0.1, 0.15) is 45.5 Å². The lowest BCUT2D eigenvalue weighted by molar-refractivity contribution is -0.136. The van der Waals surface area contributed by atoms with Crippen molar-refractivity contribution in [2.75, 3.05) is 44.3 Å². The number of amides is 4. The molecule has 0 aliphatic carbocycles. The Bertz CT molecular complexity index is 1600. The van der Waals surface area contributed by atoms with Crippen molar-refractivity contribution in [3.63, 3.8) is 0 Å². The van der Waals surface area contributed by atoms with Crippen molar-refractivity contribution in [3.8, 4) is 5.75 Å². The number of aromatic nitrogens is 2. The number of morpholine rings is 1. The zero-order valence-electron chi connectivity index (χ0n) is 23.0. The van der Waals surface area contributed by atoms with Crippen molar-refractivity contribution in [1.29, 1.82) is 0 Å². The molecule has 0 bridgehead atoms. The summed E-state index contributed by atoms with van der Waals surface area (Å²) in [6.45, 7) is 5.31. The van der Waals surface area contributed by atoms with Gasteiger partial charge in [-0.3, -0.25) is 34.3 Å². The minimum atomic E-state index is -0.989. The number of ether oxygens (including phenoxy) is 2. The van der Waals surface area contributed by atoms with Gasteiger partial charge in [0, 0.05) is 50.7 Å². The van der Waals surface area contributed by atoms with Gasteiger partial charge in [-0.1, -0.05) is 6.07 Å². The number of hydrogen-bond donors (Lipinski definition) is 1. The summed E-state index contributed by atoms with van der Waals surface area (Å²) < 4.78 is 11.7. The van der Waals surface area contributed by atoms with Crippen LogP contribution in [0.3, 0.4) is 0 Å². The molecule has 4 amide bonds. The Kier molecular flexibility index (Phi) is 6.79. The van der Waals surface area contributed by atoms with Gasteiger partial charge in [0.25, 0.3) is 11.8 Å². The molecule has 216 valence electrons. The molecule has 2 atom stereocenters. The quantitative estimate of drug-likeness (QED) is 0.435. The lowest BCUT2D eigenvalue weighted by Crippen LogP contribution is -2.54. The zero-order valence-corrected chi connectivity index (χ0v) is 23.0. The van der Waals surface area contributed by atoms with E-state index >= 15 is 0 Å². The van der Waals surface area contributed by atoms with Gasteiger partial charge in [-0.05, 0) is 48.7 Å². The first kappa shape index (κ1) is 26.5. The molecule has 3 saturated heterocycles. The number of fused-ring (bicyclic) bond motifs is 2. The maximum Gasteiger partial charge on any atom is 0.262 e. The third-order valence-corrected chi connectivity index (χ3v) is 8.27. The number of carbonyl (C=O) groups is 4. The average molecular weight is 571 g/mol. The number of imide groups is 2. The number of nitrogens with one attached hydrogen (secondary N) is 1. The predicted molar refractivity (Wildman–Crippen MR) is 150 cm³/mol. The van der Waals surface area contributed by atoms with Gasteiger partial charge in [0.1, 0.15) is 17.9 Å². The maximum atomic E-state index is 13.1. The molecule has 3 aromatic rings. The first-order chi connectivity index (χ1) is 20.4. The van der Waals surface area contributed by atoms with Crippen molar-refractivity contribution in [1.82, 2.24) is 25.1 Å². The maximum absolute atomic E-state index is 13.1. The molecule has 0 spiro atoms. The summed E-state index contributed by atoms with van der Waals surface area (Å²) in [5.41, 5.74) is 2.54. The van der Waals surface area contributed by atoms with E-state index in [9.17, 15) is 19.2 Å². The molecule has 4 aliphatic heterocycles. The van der Waals surface area contributed by atoms with Crippen LogP contribution in [0.5, 0.6) is 5.75 Å². The molecule has 2 aromatic carbocycles. The van der Waals surface area contributed by atoms with Gasteiger partial charge in [-0.15, -0.1) is 0 Å². The third-order valence-electron chi connectivity index (χ3n) is 8.27. The van der Waals surface area contributed by atoms with E-state index in [4.69, 9.17) is 14.5 Å². The highest BCUT2D eigenvalue weighted by atomic mass is 16.5. The molecule has 5 heterocycles. The van der Waals surface area contributed by atoms with E-state index in [2.05, 4.69) is 32.2 Å². The summed E-state index contributed by atoms with van der Waals surface area (Å²) in [4.78, 5) is 64.7. The van der Waals surface area contributed by atoms with Gasteiger partial charge in [-0.2, -0.15) is 0 Å². The predicted octanol–water partition coefficient (Wildman–Crippen LogP) is 1.52. The minimum Gasteiger partial charge on any atom is -0.489 e. The molecule has 1 aromatic heterocycles. The third kappa shape index (κ3) is 4.96. The lowest BCUT2D eigenvalue weighted by atomic mass is 10.0. The molecule has 7 rings (SSSR count). The van der Waals surface area contributed by atoms with Gasteiger partial charge in [0.15, 0.2) is 0 Å². The van der Waals surface area contributed by atoms with Crippen LogP contribution < -0.4 is 15.0 Å². The Morgan fingerprint density at radius 2 is 1.79 bits per heavy atom. The van der Waals surface area contributed by atoms with Crippen molar-refractivity contribution in [2.45, 2.75) is 38.0 Å². The smallest absolute Gasteiger partial charge is 0.262 e. The molecule has 42 heavy (non-hydrogen) atoms. The van der Waals surface area contributed by atoms with Crippen LogP contribution in [0.15, 0.2) is 42.6 Å². The van der Waals surface area contributed by atoms with E-state index in [-0.39, 0.29) is 30.1 Å². The van der Waals surface area contributed by atoms with Gasteiger partial charge >= 0.3 is 0 Å². The van der Waals surface area contributed by atoms with Crippen LogP contribution in [0.2, 0.25) is 0 Å². The number of anilines is 1. The number of benzene rings is 2. The highest BCUT2D eigenvalue weighted by Crippen LogP contribution is 2.31. The number of hydrogen-bond acceptors (Lipinski definition) is 10. The Balaban J connectivity index is 0.979. The molecule has 3 fully saturated rings. The summed E-state index contributed by atoms with van der Waals surface area (Å²) in [7, 11) is 0. The summed E-state index contributed by atoms with van der Waals surface area (Å²) >= 11 is 0. The highest BCUT2D eigenvalue weighted by Gasteiger charge is 2.44. The van der Waals surface area contributed by atoms with E-state index < -0.39 is 29.7 Å². The van der Waals surface area contributed by atoms with E-state index in [0.717, 1.165) is 60.9 Å². The van der Waals surface area contributed by atoms with E-state index in [1.807, 2.05) is 12.3 Å². The first-order valence-electron chi connectivity index (χ1n) is 14.3. The molecule has 12 heteroatoms. The molecule has 4 aliphatic rings. The number of carbonyl (C=O) groups excluding carboxylic acids is 4. The van der Waals surface area contributed by atoms with Crippen LogP contribution in [0, 0.1) is 0 Å².